The molecule has 1 aliphatic carbocycles. The first-order chi connectivity index (χ1) is 15.1. The van der Waals surface area contributed by atoms with Crippen LogP contribution in [0.4, 0.5) is 4.79 Å². The molecule has 0 heterocycles. The first kappa shape index (κ1) is 26.1. The van der Waals surface area contributed by atoms with Gasteiger partial charge < -0.3 is 24.8 Å². The highest BCUT2D eigenvalue weighted by Crippen LogP contribution is 2.42. The Kier molecular flexibility index (Phi) is 9.97. The summed E-state index contributed by atoms with van der Waals surface area (Å²) < 4.78 is 10.3. The highest BCUT2D eigenvalue weighted by atomic mass is 16.6. The third-order valence-corrected chi connectivity index (χ3v) is 6.19. The molecule has 1 aliphatic rings. The normalized spacial score (nSPS) is 21.9. The van der Waals surface area contributed by atoms with Gasteiger partial charge in [0, 0.05) is 19.0 Å². The Morgan fingerprint density at radius 2 is 2.03 bits per heavy atom. The van der Waals surface area contributed by atoms with E-state index in [1.54, 1.807) is 12.1 Å². The Hall–Kier alpha value is -2.12. The van der Waals surface area contributed by atoms with E-state index in [0.29, 0.717) is 24.6 Å². The molecule has 1 amide bonds. The van der Waals surface area contributed by atoms with Crippen LogP contribution >= 0.6 is 0 Å². The first-order valence-corrected chi connectivity index (χ1v) is 11.6. The van der Waals surface area contributed by atoms with E-state index < -0.39 is 11.7 Å². The first-order valence-electron chi connectivity index (χ1n) is 11.6. The minimum atomic E-state index is -0.929. The van der Waals surface area contributed by atoms with E-state index in [1.165, 1.54) is 7.11 Å². The average molecular weight is 449 g/mol. The van der Waals surface area contributed by atoms with Crippen molar-refractivity contribution < 1.29 is 24.2 Å². The van der Waals surface area contributed by atoms with E-state index in [1.807, 2.05) is 26.2 Å². The second-order valence-electron chi connectivity index (χ2n) is 9.70. The maximum Gasteiger partial charge on any atom is 0.412 e. The number of nitrogens with zero attached hydrogens (tertiary/aromatic N) is 1. The van der Waals surface area contributed by atoms with E-state index >= 15 is 0 Å². The van der Waals surface area contributed by atoms with Crippen molar-refractivity contribution in [3.63, 3.8) is 0 Å². The lowest BCUT2D eigenvalue weighted by Gasteiger charge is -2.41. The largest absolute Gasteiger partial charge is 0.469 e. The van der Waals surface area contributed by atoms with E-state index in [0.717, 1.165) is 37.8 Å². The number of aliphatic hydroxyl groups is 1. The fourth-order valence-corrected chi connectivity index (χ4v) is 4.72. The number of hydrogen-bond donors (Lipinski definition) is 2. The topological polar surface area (TPSA) is 88.1 Å². The predicted octanol–water partition coefficient (Wildman–Crippen LogP) is 3.94. The summed E-state index contributed by atoms with van der Waals surface area (Å²) in [6, 6.07) is 7.22. The Morgan fingerprint density at radius 3 is 2.69 bits per heavy atom. The lowest BCUT2D eigenvalue weighted by atomic mass is 9.71. The lowest BCUT2D eigenvalue weighted by molar-refractivity contribution is -0.141. The quantitative estimate of drug-likeness (QED) is 0.527. The molecule has 7 nitrogen and oxygen atoms in total. The molecule has 1 unspecified atom stereocenters. The molecule has 1 fully saturated rings. The van der Waals surface area contributed by atoms with E-state index in [4.69, 9.17) is 9.47 Å². The highest BCUT2D eigenvalue weighted by Gasteiger charge is 2.40. The number of benzene rings is 1. The minimum Gasteiger partial charge on any atom is -0.469 e. The third-order valence-electron chi connectivity index (χ3n) is 6.19. The second kappa shape index (κ2) is 12.2. The molecule has 0 bridgehead atoms. The third kappa shape index (κ3) is 7.78. The van der Waals surface area contributed by atoms with Gasteiger partial charge >= 0.3 is 12.1 Å². The number of rotatable bonds is 10. The summed E-state index contributed by atoms with van der Waals surface area (Å²) in [5.74, 6) is 0.620. The van der Waals surface area contributed by atoms with Crippen LogP contribution in [0.25, 0.3) is 0 Å². The van der Waals surface area contributed by atoms with Crippen molar-refractivity contribution in [3.8, 4) is 5.75 Å². The van der Waals surface area contributed by atoms with E-state index in [2.05, 4.69) is 24.1 Å². The zero-order valence-electron chi connectivity index (χ0n) is 20.2. The molecule has 180 valence electrons. The number of amides is 1. The fourth-order valence-electron chi connectivity index (χ4n) is 4.72. The number of ether oxygens (including phenoxy) is 2. The number of hydrogen-bond acceptors (Lipinski definition) is 6. The Labute approximate surface area is 192 Å². The van der Waals surface area contributed by atoms with Crippen LogP contribution in [0.1, 0.15) is 57.9 Å². The van der Waals surface area contributed by atoms with Gasteiger partial charge in [0.1, 0.15) is 5.75 Å². The number of nitrogens with one attached hydrogen (secondary N) is 1. The van der Waals surface area contributed by atoms with Gasteiger partial charge in [-0.1, -0.05) is 38.8 Å². The second-order valence-corrected chi connectivity index (χ2v) is 9.70. The molecule has 1 aromatic rings. The van der Waals surface area contributed by atoms with Gasteiger partial charge in [-0.3, -0.25) is 4.79 Å². The highest BCUT2D eigenvalue weighted by molar-refractivity contribution is 5.71. The van der Waals surface area contributed by atoms with Crippen LogP contribution in [-0.4, -0.2) is 56.4 Å². The standard InChI is InChI=1S/C25H40N2O5/c1-18(2)13-19(14-23(28)31-5)16-26-24(29)32-22-11-8-10-20(15-22)25(30)12-7-6-9-21(25)17-27(3)4/h8,10-11,15,18-19,21,30H,6-7,9,12-14,16-17H2,1-5H3,(H,26,29)/t19?,21-,25-/m1/s1. The van der Waals surface area contributed by atoms with Crippen molar-refractivity contribution >= 4 is 12.1 Å². The van der Waals surface area contributed by atoms with Crippen LogP contribution in [0.5, 0.6) is 5.75 Å². The Morgan fingerprint density at radius 1 is 1.28 bits per heavy atom. The van der Waals surface area contributed by atoms with Crippen LogP contribution in [-0.2, 0) is 15.1 Å². The van der Waals surface area contributed by atoms with Crippen LogP contribution in [0.2, 0.25) is 0 Å². The molecule has 1 aromatic carbocycles. The number of esters is 1. The molecule has 2 N–H and O–H groups in total. The van der Waals surface area contributed by atoms with Gasteiger partial charge in [0.25, 0.3) is 0 Å². The van der Waals surface area contributed by atoms with Gasteiger partial charge in [0.15, 0.2) is 0 Å². The predicted molar refractivity (Wildman–Crippen MR) is 124 cm³/mol. The smallest absolute Gasteiger partial charge is 0.412 e. The van der Waals surface area contributed by atoms with Gasteiger partial charge in [-0.05, 0) is 62.9 Å². The SMILES string of the molecule is COC(=O)CC(CNC(=O)Oc1cccc([C@]2(O)CCCC[C@@H]2CN(C)C)c1)CC(C)C. The molecule has 7 heteroatoms. The Balaban J connectivity index is 2.03. The summed E-state index contributed by atoms with van der Waals surface area (Å²) in [5, 5.41) is 14.3. The minimum absolute atomic E-state index is 0.0175. The molecule has 0 spiro atoms. The van der Waals surface area contributed by atoms with Gasteiger partial charge in [-0.2, -0.15) is 0 Å². The van der Waals surface area contributed by atoms with E-state index in [9.17, 15) is 14.7 Å². The zero-order chi connectivity index (χ0) is 23.7. The molecule has 3 atom stereocenters. The maximum atomic E-state index is 12.4. The van der Waals surface area contributed by atoms with Crippen LogP contribution < -0.4 is 10.1 Å². The van der Waals surface area contributed by atoms with Crippen LogP contribution in [0.15, 0.2) is 24.3 Å². The molecule has 1 saturated carbocycles. The summed E-state index contributed by atoms with van der Waals surface area (Å²) in [6.07, 6.45) is 4.24. The molecular weight excluding hydrogens is 408 g/mol. The van der Waals surface area contributed by atoms with Crippen molar-refractivity contribution in [2.24, 2.45) is 17.8 Å². The van der Waals surface area contributed by atoms with Gasteiger partial charge in [0.2, 0.25) is 0 Å². The summed E-state index contributed by atoms with van der Waals surface area (Å²) >= 11 is 0. The van der Waals surface area contributed by atoms with Gasteiger partial charge in [-0.15, -0.1) is 0 Å². The summed E-state index contributed by atoms with van der Waals surface area (Å²) in [5.41, 5.74) is -0.140. The lowest BCUT2D eigenvalue weighted by Crippen LogP contribution is -2.43. The molecule has 0 radical (unpaired) electrons. The summed E-state index contributed by atoms with van der Waals surface area (Å²) in [4.78, 5) is 26.2. The van der Waals surface area contributed by atoms with Gasteiger partial charge in [0.05, 0.1) is 19.1 Å². The summed E-state index contributed by atoms with van der Waals surface area (Å²) in [6.45, 7) is 5.29. The Bertz CT molecular complexity index is 752. The number of carbonyl (C=O) groups is 2. The van der Waals surface area contributed by atoms with Crippen LogP contribution in [0.3, 0.4) is 0 Å². The molecule has 0 aromatic heterocycles. The molecule has 2 rings (SSSR count). The number of carbonyl (C=O) groups excluding carboxylic acids is 2. The van der Waals surface area contributed by atoms with Crippen molar-refractivity contribution in [2.75, 3.05) is 34.3 Å². The van der Waals surface area contributed by atoms with E-state index in [-0.39, 0.29) is 24.2 Å². The fraction of sp³-hybridized carbons (Fsp3) is 0.680. The van der Waals surface area contributed by atoms with Crippen molar-refractivity contribution in [2.45, 2.75) is 58.0 Å². The average Bonchev–Trinajstić information content (AvgIpc) is 2.73. The summed E-state index contributed by atoms with van der Waals surface area (Å²) in [7, 11) is 5.41. The number of methoxy groups -OCH3 is 1. The molecule has 0 aliphatic heterocycles. The van der Waals surface area contributed by atoms with Crippen LogP contribution in [0, 0.1) is 17.8 Å². The van der Waals surface area contributed by atoms with Crippen molar-refractivity contribution in [3.05, 3.63) is 29.8 Å². The van der Waals surface area contributed by atoms with Crippen molar-refractivity contribution in [1.82, 2.24) is 10.2 Å². The monoisotopic (exact) mass is 448 g/mol. The zero-order valence-corrected chi connectivity index (χ0v) is 20.2. The molecule has 32 heavy (non-hydrogen) atoms. The molecule has 0 saturated heterocycles. The van der Waals surface area contributed by atoms with Gasteiger partial charge in [-0.25, -0.2) is 4.79 Å². The van der Waals surface area contributed by atoms with Crippen molar-refractivity contribution in [1.29, 1.82) is 0 Å². The molecular formula is C25H40N2O5. The maximum absolute atomic E-state index is 12.4.